The van der Waals surface area contributed by atoms with Crippen LogP contribution in [-0.4, -0.2) is 24.7 Å². The Hall–Kier alpha value is -1.27. The van der Waals surface area contributed by atoms with Crippen molar-refractivity contribution < 1.29 is 9.47 Å². The van der Waals surface area contributed by atoms with E-state index in [0.29, 0.717) is 13.2 Å². The van der Waals surface area contributed by atoms with Gasteiger partial charge in [-0.2, -0.15) is 0 Å². The number of benzene rings is 1. The number of nitrogens with zero attached hydrogens (tertiary/aromatic N) is 1. The number of thiazole rings is 1. The topological polar surface area (TPSA) is 43.4 Å². The summed E-state index contributed by atoms with van der Waals surface area (Å²) in [7, 11) is 0. The van der Waals surface area contributed by atoms with Gasteiger partial charge in [-0.15, -0.1) is 0 Å². The van der Waals surface area contributed by atoms with Gasteiger partial charge in [0, 0.05) is 19.2 Å². The van der Waals surface area contributed by atoms with Crippen molar-refractivity contribution in [2.75, 3.05) is 25.1 Å². The molecule has 0 spiro atoms. The number of nitrogens with one attached hydrogen (secondary N) is 1. The van der Waals surface area contributed by atoms with Crippen molar-refractivity contribution in [1.82, 2.24) is 4.98 Å². The third-order valence-corrected chi connectivity index (χ3v) is 4.51. The van der Waals surface area contributed by atoms with Crippen molar-refractivity contribution in [2.45, 2.75) is 13.3 Å². The van der Waals surface area contributed by atoms with E-state index in [2.05, 4.69) is 39.2 Å². The van der Waals surface area contributed by atoms with Gasteiger partial charge in [-0.3, -0.25) is 0 Å². The van der Waals surface area contributed by atoms with Gasteiger partial charge < -0.3 is 14.8 Å². The maximum atomic E-state index is 5.76. The summed E-state index contributed by atoms with van der Waals surface area (Å²) < 4.78 is 12.4. The zero-order chi connectivity index (χ0) is 13.9. The molecular formula is C14H15BrN2O2S. The summed E-state index contributed by atoms with van der Waals surface area (Å²) in [6.45, 7) is 4.31. The van der Waals surface area contributed by atoms with Crippen LogP contribution in [0.15, 0.2) is 22.8 Å². The van der Waals surface area contributed by atoms with Gasteiger partial charge in [-0.05, 0) is 40.5 Å². The van der Waals surface area contributed by atoms with E-state index in [1.54, 1.807) is 11.3 Å². The van der Waals surface area contributed by atoms with Gasteiger partial charge in [0.1, 0.15) is 0 Å². The summed E-state index contributed by atoms with van der Waals surface area (Å²) in [5.74, 6) is 1.59. The van der Waals surface area contributed by atoms with Gasteiger partial charge in [0.2, 0.25) is 0 Å². The molecule has 1 aliphatic rings. The van der Waals surface area contributed by atoms with E-state index in [1.165, 1.54) is 0 Å². The Morgan fingerprint density at radius 3 is 3.05 bits per heavy atom. The molecule has 106 valence electrons. The van der Waals surface area contributed by atoms with Gasteiger partial charge in [0.15, 0.2) is 16.6 Å². The first-order valence-electron chi connectivity index (χ1n) is 6.57. The smallest absolute Gasteiger partial charge is 0.183 e. The second-order valence-corrected chi connectivity index (χ2v) is 6.28. The Kier molecular flexibility index (Phi) is 4.12. The monoisotopic (exact) mass is 354 g/mol. The summed E-state index contributed by atoms with van der Waals surface area (Å²) in [6.07, 6.45) is 2.79. The fourth-order valence-corrected chi connectivity index (χ4v) is 3.44. The Labute approximate surface area is 130 Å². The third-order valence-electron chi connectivity index (χ3n) is 2.92. The highest BCUT2D eigenvalue weighted by atomic mass is 79.9. The predicted molar refractivity (Wildman–Crippen MR) is 85.0 cm³/mol. The normalized spacial score (nSPS) is 13.9. The molecule has 2 heterocycles. The summed E-state index contributed by atoms with van der Waals surface area (Å²) >= 11 is 5.20. The summed E-state index contributed by atoms with van der Waals surface area (Å²) in [5, 5.41) is 4.16. The van der Waals surface area contributed by atoms with E-state index in [-0.39, 0.29) is 0 Å². The molecule has 0 saturated heterocycles. The molecule has 0 aliphatic carbocycles. The Balaban J connectivity index is 1.97. The van der Waals surface area contributed by atoms with Gasteiger partial charge in [0.05, 0.1) is 22.6 Å². The minimum atomic E-state index is 0.689. The molecule has 0 radical (unpaired) electrons. The predicted octanol–water partition coefficient (Wildman–Crippen LogP) is 4.17. The van der Waals surface area contributed by atoms with Crippen LogP contribution in [0.25, 0.3) is 10.4 Å². The molecule has 0 atom stereocenters. The molecule has 0 amide bonds. The van der Waals surface area contributed by atoms with Crippen LogP contribution in [0.4, 0.5) is 5.13 Å². The molecule has 0 bridgehead atoms. The van der Waals surface area contributed by atoms with E-state index in [1.807, 2.05) is 12.3 Å². The standard InChI is InChI=1S/C14H15BrN2O2S/c1-2-16-14-17-8-12(20-14)9-6-10(15)13-11(7-9)18-4-3-5-19-13/h6-8H,2-5H2,1H3,(H,16,17). The van der Waals surface area contributed by atoms with Crippen molar-refractivity contribution >= 4 is 32.4 Å². The van der Waals surface area contributed by atoms with Crippen LogP contribution >= 0.6 is 27.3 Å². The molecule has 1 N–H and O–H groups in total. The van der Waals surface area contributed by atoms with E-state index in [0.717, 1.165) is 44.5 Å². The molecule has 3 rings (SSSR count). The molecule has 0 saturated carbocycles. The molecule has 2 aromatic rings. The summed E-state index contributed by atoms with van der Waals surface area (Å²) in [4.78, 5) is 5.47. The number of aromatic nitrogens is 1. The minimum absolute atomic E-state index is 0.689. The molecule has 1 aromatic carbocycles. The number of hydrogen-bond donors (Lipinski definition) is 1. The van der Waals surface area contributed by atoms with Crippen LogP contribution in [0.1, 0.15) is 13.3 Å². The van der Waals surface area contributed by atoms with Crippen LogP contribution in [0, 0.1) is 0 Å². The van der Waals surface area contributed by atoms with E-state index >= 15 is 0 Å². The molecule has 1 aliphatic heterocycles. The first kappa shape index (κ1) is 13.7. The lowest BCUT2D eigenvalue weighted by atomic mass is 10.2. The van der Waals surface area contributed by atoms with Crippen LogP contribution in [0.2, 0.25) is 0 Å². The largest absolute Gasteiger partial charge is 0.489 e. The molecule has 20 heavy (non-hydrogen) atoms. The number of anilines is 1. The van der Waals surface area contributed by atoms with Crippen LogP contribution < -0.4 is 14.8 Å². The minimum Gasteiger partial charge on any atom is -0.489 e. The van der Waals surface area contributed by atoms with Crippen molar-refractivity contribution in [1.29, 1.82) is 0 Å². The number of hydrogen-bond acceptors (Lipinski definition) is 5. The van der Waals surface area contributed by atoms with Crippen LogP contribution in [0.5, 0.6) is 11.5 Å². The first-order chi connectivity index (χ1) is 9.78. The Bertz CT molecular complexity index is 615. The first-order valence-corrected chi connectivity index (χ1v) is 8.18. The van der Waals surface area contributed by atoms with E-state index in [4.69, 9.17) is 9.47 Å². The molecule has 0 unspecified atom stereocenters. The molecule has 1 aromatic heterocycles. The Morgan fingerprint density at radius 2 is 2.20 bits per heavy atom. The van der Waals surface area contributed by atoms with Crippen molar-refractivity contribution in [2.24, 2.45) is 0 Å². The van der Waals surface area contributed by atoms with Crippen molar-refractivity contribution in [3.8, 4) is 21.9 Å². The summed E-state index contributed by atoms with van der Waals surface area (Å²) in [6, 6.07) is 4.07. The van der Waals surface area contributed by atoms with E-state index in [9.17, 15) is 0 Å². The number of halogens is 1. The second-order valence-electron chi connectivity index (χ2n) is 4.40. The maximum absolute atomic E-state index is 5.76. The fraction of sp³-hybridized carbons (Fsp3) is 0.357. The number of rotatable bonds is 3. The highest BCUT2D eigenvalue weighted by Crippen LogP contribution is 2.42. The molecule has 4 nitrogen and oxygen atoms in total. The fourth-order valence-electron chi connectivity index (χ4n) is 2.01. The zero-order valence-corrected chi connectivity index (χ0v) is 13.5. The average Bonchev–Trinajstić information content (AvgIpc) is 2.76. The quantitative estimate of drug-likeness (QED) is 0.898. The lowest BCUT2D eigenvalue weighted by Gasteiger charge is -2.10. The van der Waals surface area contributed by atoms with Crippen molar-refractivity contribution in [3.63, 3.8) is 0 Å². The Morgan fingerprint density at radius 1 is 1.35 bits per heavy atom. The van der Waals surface area contributed by atoms with Gasteiger partial charge in [0.25, 0.3) is 0 Å². The third kappa shape index (κ3) is 2.76. The molecular weight excluding hydrogens is 340 g/mol. The highest BCUT2D eigenvalue weighted by Gasteiger charge is 2.16. The lowest BCUT2D eigenvalue weighted by Crippen LogP contribution is -1.97. The number of fused-ring (bicyclic) bond motifs is 1. The van der Waals surface area contributed by atoms with Gasteiger partial charge in [-0.25, -0.2) is 4.98 Å². The second kappa shape index (κ2) is 6.01. The molecule has 0 fully saturated rings. The van der Waals surface area contributed by atoms with Crippen LogP contribution in [-0.2, 0) is 0 Å². The molecule has 6 heteroatoms. The lowest BCUT2D eigenvalue weighted by molar-refractivity contribution is 0.296. The van der Waals surface area contributed by atoms with E-state index < -0.39 is 0 Å². The van der Waals surface area contributed by atoms with Crippen molar-refractivity contribution in [3.05, 3.63) is 22.8 Å². The summed E-state index contributed by atoms with van der Waals surface area (Å²) in [5.41, 5.74) is 1.09. The van der Waals surface area contributed by atoms with Gasteiger partial charge >= 0.3 is 0 Å². The van der Waals surface area contributed by atoms with Crippen LogP contribution in [0.3, 0.4) is 0 Å². The average molecular weight is 355 g/mol. The highest BCUT2D eigenvalue weighted by molar-refractivity contribution is 9.10. The SMILES string of the molecule is CCNc1ncc(-c2cc(Br)c3c(c2)OCCCO3)s1. The zero-order valence-electron chi connectivity index (χ0n) is 11.1. The maximum Gasteiger partial charge on any atom is 0.183 e. The number of ether oxygens (including phenoxy) is 2. The van der Waals surface area contributed by atoms with Gasteiger partial charge in [-0.1, -0.05) is 11.3 Å².